The third kappa shape index (κ3) is 4.70. The second-order valence-electron chi connectivity index (χ2n) is 5.22. The summed E-state index contributed by atoms with van der Waals surface area (Å²) in [6, 6.07) is 6.29. The van der Waals surface area contributed by atoms with Gasteiger partial charge < -0.3 is 9.47 Å². The highest BCUT2D eigenvalue weighted by molar-refractivity contribution is 7.04. The second kappa shape index (κ2) is 8.43. The third-order valence-electron chi connectivity index (χ3n) is 3.24. The highest BCUT2D eigenvalue weighted by Gasteiger charge is 2.17. The molecule has 0 saturated heterocycles. The molecule has 11 heteroatoms. The molecule has 0 N–H and O–H groups in total. The molecule has 1 aromatic carbocycles. The summed E-state index contributed by atoms with van der Waals surface area (Å²) in [5.41, 5.74) is 0. The van der Waals surface area contributed by atoms with Crippen LogP contribution in [0.15, 0.2) is 29.3 Å². The molecule has 1 atom stereocenters. The molecule has 0 aliphatic rings. The first kappa shape index (κ1) is 19.9. The smallest absolute Gasteiger partial charge is 0.289 e. The van der Waals surface area contributed by atoms with Gasteiger partial charge in [0.2, 0.25) is 10.7 Å². The maximum atomic E-state index is 12.3. The van der Waals surface area contributed by atoms with Gasteiger partial charge in [-0.2, -0.15) is 15.0 Å². The summed E-state index contributed by atoms with van der Waals surface area (Å²) >= 11 is 19.2. The van der Waals surface area contributed by atoms with Crippen LogP contribution in [-0.2, 0) is 4.79 Å². The van der Waals surface area contributed by atoms with Crippen molar-refractivity contribution in [2.24, 2.45) is 4.99 Å². The van der Waals surface area contributed by atoms with E-state index < -0.39 is 12.0 Å². The molecule has 2 aromatic heterocycles. The van der Waals surface area contributed by atoms with Crippen LogP contribution in [0.5, 0.6) is 11.6 Å². The third-order valence-corrected chi connectivity index (χ3v) is 5.04. The van der Waals surface area contributed by atoms with Gasteiger partial charge in [0.1, 0.15) is 10.9 Å². The number of carbonyl (C=O) groups excluding carboxylic acids is 1. The minimum Gasteiger partial charge on any atom is -0.479 e. The Balaban J connectivity index is 1.84. The van der Waals surface area contributed by atoms with Crippen molar-refractivity contribution >= 4 is 58.0 Å². The van der Waals surface area contributed by atoms with Crippen LogP contribution < -0.4 is 14.3 Å². The van der Waals surface area contributed by atoms with Crippen molar-refractivity contribution in [2.75, 3.05) is 6.61 Å². The van der Waals surface area contributed by atoms with Crippen molar-refractivity contribution in [1.29, 1.82) is 0 Å². The molecular weight excluding hydrogens is 435 g/mol. The van der Waals surface area contributed by atoms with Crippen molar-refractivity contribution in [3.63, 3.8) is 0 Å². The fourth-order valence-corrected chi connectivity index (χ4v) is 3.48. The van der Waals surface area contributed by atoms with Gasteiger partial charge in [0, 0.05) is 11.1 Å². The summed E-state index contributed by atoms with van der Waals surface area (Å²) in [5, 5.41) is 1.13. The molecule has 1 amide bonds. The van der Waals surface area contributed by atoms with E-state index in [0.717, 1.165) is 11.5 Å². The lowest BCUT2D eigenvalue weighted by molar-refractivity contribution is -0.124. The Labute approximate surface area is 173 Å². The Morgan fingerprint density at radius 3 is 2.78 bits per heavy atom. The van der Waals surface area contributed by atoms with E-state index in [9.17, 15) is 4.79 Å². The summed E-state index contributed by atoms with van der Waals surface area (Å²) in [5.74, 6) is 0.445. The van der Waals surface area contributed by atoms with E-state index in [2.05, 4.69) is 15.0 Å². The molecule has 7 nitrogen and oxygen atoms in total. The maximum Gasteiger partial charge on any atom is 0.289 e. The summed E-state index contributed by atoms with van der Waals surface area (Å²) < 4.78 is 12.4. The number of hydrogen-bond acceptors (Lipinski definition) is 6. The van der Waals surface area contributed by atoms with Gasteiger partial charge in [-0.25, -0.2) is 3.79 Å². The van der Waals surface area contributed by atoms with Crippen LogP contribution >= 0.6 is 46.3 Å². The highest BCUT2D eigenvalue weighted by atomic mass is 35.5. The van der Waals surface area contributed by atoms with Gasteiger partial charge in [-0.1, -0.05) is 34.8 Å². The number of carbonyl (C=O) groups is 1. The van der Waals surface area contributed by atoms with Gasteiger partial charge in [-0.05, 0) is 43.6 Å². The standard InChI is InChI=1S/C16H13Cl3N4O3S/c1-3-25-13-7-12(19)23-15(20-13)22-16(27-23)21-14(24)8(2)26-11-5-4-9(17)6-10(11)18/h4-8H,3H2,1-2H3. The normalized spacial score (nSPS) is 13.0. The van der Waals surface area contributed by atoms with Crippen molar-refractivity contribution in [1.82, 2.24) is 13.8 Å². The fraction of sp³-hybridized carbons (Fsp3) is 0.250. The summed E-state index contributed by atoms with van der Waals surface area (Å²) in [7, 11) is 0. The van der Waals surface area contributed by atoms with E-state index in [1.165, 1.54) is 9.86 Å². The minimum atomic E-state index is -0.872. The topological polar surface area (TPSA) is 78.1 Å². The quantitative estimate of drug-likeness (QED) is 0.552. The Morgan fingerprint density at radius 1 is 1.30 bits per heavy atom. The second-order valence-corrected chi connectivity index (χ2v) is 7.36. The lowest BCUT2D eigenvalue weighted by Crippen LogP contribution is -2.24. The van der Waals surface area contributed by atoms with Gasteiger partial charge in [0.15, 0.2) is 6.10 Å². The Morgan fingerprint density at radius 2 is 2.07 bits per heavy atom. The summed E-state index contributed by atoms with van der Waals surface area (Å²) in [6.45, 7) is 3.85. The molecular formula is C16H13Cl3N4O3S. The number of fused-ring (bicyclic) bond motifs is 1. The van der Waals surface area contributed by atoms with E-state index in [1.807, 2.05) is 6.92 Å². The number of hydrogen-bond donors (Lipinski definition) is 0. The Hall–Kier alpha value is -1.87. The highest BCUT2D eigenvalue weighted by Crippen LogP contribution is 2.28. The first-order valence-electron chi connectivity index (χ1n) is 7.77. The average molecular weight is 448 g/mol. The molecule has 142 valence electrons. The Bertz CT molecular complexity index is 1070. The van der Waals surface area contributed by atoms with Gasteiger partial charge in [0.05, 0.1) is 11.6 Å². The number of rotatable bonds is 5. The molecule has 0 radical (unpaired) electrons. The number of aromatic nitrogens is 3. The van der Waals surface area contributed by atoms with Crippen molar-refractivity contribution in [2.45, 2.75) is 20.0 Å². The zero-order chi connectivity index (χ0) is 19.6. The van der Waals surface area contributed by atoms with Gasteiger partial charge in [-0.3, -0.25) is 4.79 Å². The molecule has 0 aliphatic carbocycles. The summed E-state index contributed by atoms with van der Waals surface area (Å²) in [4.78, 5) is 24.9. The van der Waals surface area contributed by atoms with E-state index in [0.29, 0.717) is 33.4 Å². The lowest BCUT2D eigenvalue weighted by Gasteiger charge is -2.12. The van der Waals surface area contributed by atoms with Gasteiger partial charge >= 0.3 is 0 Å². The Kier molecular flexibility index (Phi) is 6.21. The molecule has 0 aliphatic heterocycles. The van der Waals surface area contributed by atoms with E-state index in [4.69, 9.17) is 44.3 Å². The van der Waals surface area contributed by atoms with Crippen molar-refractivity contribution < 1.29 is 14.3 Å². The van der Waals surface area contributed by atoms with Crippen LogP contribution in [-0.4, -0.2) is 32.4 Å². The molecule has 0 spiro atoms. The number of benzene rings is 1. The fourth-order valence-electron chi connectivity index (χ4n) is 2.04. The van der Waals surface area contributed by atoms with Gasteiger partial charge in [0.25, 0.3) is 11.7 Å². The predicted octanol–water partition coefficient (Wildman–Crippen LogP) is 4.04. The first-order valence-corrected chi connectivity index (χ1v) is 9.68. The molecule has 27 heavy (non-hydrogen) atoms. The van der Waals surface area contributed by atoms with Crippen LogP contribution in [0.25, 0.3) is 5.78 Å². The molecule has 0 bridgehead atoms. The summed E-state index contributed by atoms with van der Waals surface area (Å²) in [6.07, 6.45) is -0.872. The molecule has 2 heterocycles. The molecule has 1 unspecified atom stereocenters. The monoisotopic (exact) mass is 446 g/mol. The van der Waals surface area contributed by atoms with Crippen LogP contribution in [0.4, 0.5) is 0 Å². The molecule has 0 saturated carbocycles. The zero-order valence-corrected chi connectivity index (χ0v) is 17.2. The predicted molar refractivity (Wildman–Crippen MR) is 104 cm³/mol. The molecule has 3 rings (SSSR count). The molecule has 3 aromatic rings. The molecule has 0 fully saturated rings. The minimum absolute atomic E-state index is 0.195. The largest absolute Gasteiger partial charge is 0.479 e. The van der Waals surface area contributed by atoms with E-state index >= 15 is 0 Å². The van der Waals surface area contributed by atoms with Crippen LogP contribution in [0.2, 0.25) is 15.2 Å². The van der Waals surface area contributed by atoms with Crippen molar-refractivity contribution in [3.8, 4) is 11.6 Å². The number of nitrogens with zero attached hydrogens (tertiary/aromatic N) is 4. The zero-order valence-electron chi connectivity index (χ0n) is 14.1. The van der Waals surface area contributed by atoms with Crippen LogP contribution in [0.1, 0.15) is 13.8 Å². The van der Waals surface area contributed by atoms with Gasteiger partial charge in [-0.15, -0.1) is 0 Å². The van der Waals surface area contributed by atoms with Crippen molar-refractivity contribution in [3.05, 3.63) is 44.3 Å². The van der Waals surface area contributed by atoms with Crippen LogP contribution in [0, 0.1) is 0 Å². The lowest BCUT2D eigenvalue weighted by atomic mass is 10.3. The maximum absolute atomic E-state index is 12.3. The number of ether oxygens (including phenoxy) is 2. The number of amides is 1. The van der Waals surface area contributed by atoms with E-state index in [-0.39, 0.29) is 10.6 Å². The average Bonchev–Trinajstić information content (AvgIpc) is 3.00. The van der Waals surface area contributed by atoms with Crippen LogP contribution in [0.3, 0.4) is 0 Å². The number of halogens is 3. The SMILES string of the molecule is CCOc1cc(Cl)n2sc(=NC(=O)C(C)Oc3ccc(Cl)cc3Cl)nc2n1. The van der Waals surface area contributed by atoms with E-state index in [1.54, 1.807) is 25.1 Å². The first-order chi connectivity index (χ1) is 12.9.